The van der Waals surface area contributed by atoms with Crippen molar-refractivity contribution in [3.05, 3.63) is 29.4 Å². The van der Waals surface area contributed by atoms with E-state index in [-0.39, 0.29) is 5.41 Å². The Labute approximate surface area is 109 Å². The second kappa shape index (κ2) is 4.66. The van der Waals surface area contributed by atoms with Crippen molar-refractivity contribution < 1.29 is 0 Å². The maximum atomic E-state index is 6.00. The minimum Gasteiger partial charge on any atom is -0.339 e. The number of aromatic nitrogens is 4. The van der Waals surface area contributed by atoms with Crippen LogP contribution in [-0.4, -0.2) is 19.9 Å². The van der Waals surface area contributed by atoms with E-state index in [0.29, 0.717) is 5.15 Å². The molecule has 0 saturated carbocycles. The molecule has 2 rings (SSSR count). The number of imidazole rings is 1. The third kappa shape index (κ3) is 3.20. The van der Waals surface area contributed by atoms with Crippen molar-refractivity contribution in [1.29, 1.82) is 0 Å². The second-order valence-corrected chi connectivity index (χ2v) is 6.00. The molecule has 1 N–H and O–H groups in total. The van der Waals surface area contributed by atoms with E-state index in [2.05, 4.69) is 40.7 Å². The zero-order chi connectivity index (χ0) is 12.5. The average Bonchev–Trinajstić information content (AvgIpc) is 2.68. The summed E-state index contributed by atoms with van der Waals surface area (Å²) >= 11 is 7.44. The van der Waals surface area contributed by atoms with E-state index >= 15 is 0 Å². The minimum absolute atomic E-state index is 0.122. The van der Waals surface area contributed by atoms with Gasteiger partial charge >= 0.3 is 0 Å². The zero-order valence-corrected chi connectivity index (χ0v) is 11.4. The molecule has 0 fully saturated rings. The van der Waals surface area contributed by atoms with Crippen LogP contribution in [0.4, 0.5) is 0 Å². The fourth-order valence-corrected chi connectivity index (χ4v) is 2.18. The largest absolute Gasteiger partial charge is 0.339 e. The number of halogens is 1. The van der Waals surface area contributed by atoms with Crippen molar-refractivity contribution in [1.82, 2.24) is 19.9 Å². The van der Waals surface area contributed by atoms with Gasteiger partial charge in [0, 0.05) is 23.9 Å². The zero-order valence-electron chi connectivity index (χ0n) is 9.86. The van der Waals surface area contributed by atoms with Gasteiger partial charge in [0.05, 0.1) is 0 Å². The molecule has 0 spiro atoms. The Kier molecular flexibility index (Phi) is 3.40. The van der Waals surface area contributed by atoms with E-state index < -0.39 is 0 Å². The molecule has 4 nitrogen and oxygen atoms in total. The number of H-pyrrole nitrogens is 1. The molecule has 0 aliphatic rings. The summed E-state index contributed by atoms with van der Waals surface area (Å²) in [6.07, 6.45) is 3.48. The Morgan fingerprint density at radius 3 is 2.65 bits per heavy atom. The van der Waals surface area contributed by atoms with Crippen molar-refractivity contribution in [3.8, 4) is 0 Å². The molecule has 0 radical (unpaired) electrons. The summed E-state index contributed by atoms with van der Waals surface area (Å²) in [6, 6.07) is 1.74. The number of hydrogen-bond donors (Lipinski definition) is 1. The molecule has 0 aliphatic heterocycles. The molecule has 2 aromatic heterocycles. The molecule has 17 heavy (non-hydrogen) atoms. The first-order chi connectivity index (χ1) is 7.95. The molecule has 0 bridgehead atoms. The lowest BCUT2D eigenvalue weighted by molar-refractivity contribution is 0.538. The molecular weight excluding hydrogens is 256 g/mol. The molecule has 6 heteroatoms. The van der Waals surface area contributed by atoms with Gasteiger partial charge in [0.1, 0.15) is 16.0 Å². The van der Waals surface area contributed by atoms with Crippen LogP contribution in [0.3, 0.4) is 0 Å². The maximum absolute atomic E-state index is 6.00. The normalized spacial score (nSPS) is 11.8. The lowest BCUT2D eigenvalue weighted by atomic mass is 9.96. The fraction of sp³-hybridized carbons (Fsp3) is 0.364. The molecular formula is C11H13ClN4S. The van der Waals surface area contributed by atoms with E-state index in [0.717, 1.165) is 16.0 Å². The average molecular weight is 269 g/mol. The number of rotatable bonds is 2. The highest BCUT2D eigenvalue weighted by molar-refractivity contribution is 7.99. The molecule has 0 aliphatic carbocycles. The van der Waals surface area contributed by atoms with Gasteiger partial charge in [-0.2, -0.15) is 0 Å². The van der Waals surface area contributed by atoms with Crippen molar-refractivity contribution in [3.63, 3.8) is 0 Å². The third-order valence-corrected chi connectivity index (χ3v) is 3.05. The summed E-state index contributed by atoms with van der Waals surface area (Å²) < 4.78 is 0. The summed E-state index contributed by atoms with van der Waals surface area (Å²) in [4.78, 5) is 15.9. The van der Waals surface area contributed by atoms with Crippen molar-refractivity contribution in [2.24, 2.45) is 0 Å². The molecule has 90 valence electrons. The maximum Gasteiger partial charge on any atom is 0.171 e. The summed E-state index contributed by atoms with van der Waals surface area (Å²) in [6.45, 7) is 6.17. The van der Waals surface area contributed by atoms with Gasteiger partial charge in [-0.05, 0) is 11.8 Å². The van der Waals surface area contributed by atoms with Crippen LogP contribution < -0.4 is 0 Å². The first kappa shape index (κ1) is 12.4. The smallest absolute Gasteiger partial charge is 0.171 e. The van der Waals surface area contributed by atoms with Crippen molar-refractivity contribution in [2.75, 3.05) is 0 Å². The van der Waals surface area contributed by atoms with Gasteiger partial charge < -0.3 is 4.98 Å². The predicted octanol–water partition coefficient (Wildman–Crippen LogP) is 3.30. The molecule has 2 heterocycles. The van der Waals surface area contributed by atoms with Crippen LogP contribution in [0.1, 0.15) is 26.6 Å². The lowest BCUT2D eigenvalue weighted by Gasteiger charge is -2.16. The molecule has 2 aromatic rings. The highest BCUT2D eigenvalue weighted by Gasteiger charge is 2.19. The molecule has 0 saturated heterocycles. The van der Waals surface area contributed by atoms with Crippen LogP contribution >= 0.6 is 23.4 Å². The van der Waals surface area contributed by atoms with Crippen LogP contribution in [0.25, 0.3) is 0 Å². The highest BCUT2D eigenvalue weighted by Crippen LogP contribution is 2.27. The SMILES string of the molecule is CC(C)(C)c1nc(Cl)cc(Sc2ncc[nH]2)n1. The molecule has 0 aromatic carbocycles. The van der Waals surface area contributed by atoms with Gasteiger partial charge in [-0.25, -0.2) is 15.0 Å². The van der Waals surface area contributed by atoms with Crippen LogP contribution in [0, 0.1) is 0 Å². The van der Waals surface area contributed by atoms with E-state index in [1.807, 2.05) is 0 Å². The summed E-state index contributed by atoms with van der Waals surface area (Å²) in [5, 5.41) is 2.04. The standard InChI is InChI=1S/C11H13ClN4S/c1-11(2,3)9-15-7(12)6-8(16-9)17-10-13-4-5-14-10/h4-6H,1-3H3,(H,13,14). The second-order valence-electron chi connectivity index (χ2n) is 4.60. The Bertz CT molecular complexity index is 505. The molecule has 0 atom stereocenters. The Hall–Kier alpha value is -1.07. The fourth-order valence-electron chi connectivity index (χ4n) is 1.19. The van der Waals surface area contributed by atoms with Gasteiger partial charge in [-0.1, -0.05) is 32.4 Å². The van der Waals surface area contributed by atoms with E-state index in [1.54, 1.807) is 18.5 Å². The van der Waals surface area contributed by atoms with Crippen molar-refractivity contribution >= 4 is 23.4 Å². The Morgan fingerprint density at radius 1 is 1.29 bits per heavy atom. The number of hydrogen-bond acceptors (Lipinski definition) is 4. The highest BCUT2D eigenvalue weighted by atomic mass is 35.5. The van der Waals surface area contributed by atoms with Gasteiger partial charge in [-0.3, -0.25) is 0 Å². The predicted molar refractivity (Wildman–Crippen MR) is 68.5 cm³/mol. The quantitative estimate of drug-likeness (QED) is 0.849. The molecule has 0 amide bonds. The minimum atomic E-state index is -0.122. The van der Waals surface area contributed by atoms with Gasteiger partial charge in [0.15, 0.2) is 5.16 Å². The van der Waals surface area contributed by atoms with Crippen LogP contribution in [0.15, 0.2) is 28.6 Å². The first-order valence-electron chi connectivity index (χ1n) is 5.17. The van der Waals surface area contributed by atoms with Gasteiger partial charge in [0.25, 0.3) is 0 Å². The van der Waals surface area contributed by atoms with Gasteiger partial charge in [0.2, 0.25) is 0 Å². The van der Waals surface area contributed by atoms with Crippen LogP contribution in [-0.2, 0) is 5.41 Å². The van der Waals surface area contributed by atoms with E-state index in [4.69, 9.17) is 11.6 Å². The number of aromatic amines is 1. The topological polar surface area (TPSA) is 54.5 Å². The summed E-state index contributed by atoms with van der Waals surface area (Å²) in [7, 11) is 0. The first-order valence-corrected chi connectivity index (χ1v) is 6.37. The van der Waals surface area contributed by atoms with Crippen LogP contribution in [0.5, 0.6) is 0 Å². The third-order valence-electron chi connectivity index (χ3n) is 2.02. The number of nitrogens with one attached hydrogen (secondary N) is 1. The van der Waals surface area contributed by atoms with E-state index in [9.17, 15) is 0 Å². The number of nitrogens with zero attached hydrogens (tertiary/aromatic N) is 3. The molecule has 0 unspecified atom stereocenters. The summed E-state index contributed by atoms with van der Waals surface area (Å²) in [5.74, 6) is 0.735. The monoisotopic (exact) mass is 268 g/mol. The van der Waals surface area contributed by atoms with Crippen molar-refractivity contribution in [2.45, 2.75) is 36.4 Å². The Balaban J connectivity index is 2.32. The van der Waals surface area contributed by atoms with Gasteiger partial charge in [-0.15, -0.1) is 0 Å². The summed E-state index contributed by atoms with van der Waals surface area (Å²) in [5.41, 5.74) is -0.122. The van der Waals surface area contributed by atoms with Crippen LogP contribution in [0.2, 0.25) is 5.15 Å². The Morgan fingerprint density at radius 2 is 2.06 bits per heavy atom. The lowest BCUT2D eigenvalue weighted by Crippen LogP contribution is -2.16. The van der Waals surface area contributed by atoms with E-state index in [1.165, 1.54) is 11.8 Å².